The van der Waals surface area contributed by atoms with E-state index in [2.05, 4.69) is 41.3 Å². The Bertz CT molecular complexity index is 921. The summed E-state index contributed by atoms with van der Waals surface area (Å²) >= 11 is 3.42. The zero-order valence-corrected chi connectivity index (χ0v) is 16.8. The van der Waals surface area contributed by atoms with Crippen LogP contribution in [0.15, 0.2) is 57.6 Å². The van der Waals surface area contributed by atoms with Crippen LogP contribution in [0.4, 0.5) is 5.82 Å². The fraction of sp³-hybridized carbons (Fsp3) is 0.300. The summed E-state index contributed by atoms with van der Waals surface area (Å²) in [5.41, 5.74) is 0.895. The molecule has 0 saturated carbocycles. The summed E-state index contributed by atoms with van der Waals surface area (Å²) in [6.07, 6.45) is 3.27. The Kier molecular flexibility index (Phi) is 5.78. The topological polar surface area (TPSA) is 84.2 Å². The average Bonchev–Trinajstić information content (AvgIpc) is 3.18. The van der Waals surface area contributed by atoms with Crippen molar-refractivity contribution in [2.75, 3.05) is 18.4 Å². The second-order valence-electron chi connectivity index (χ2n) is 6.76. The van der Waals surface area contributed by atoms with Crippen LogP contribution in [0.1, 0.15) is 18.7 Å². The third kappa shape index (κ3) is 4.63. The molecule has 3 aromatic rings. The minimum atomic E-state index is -0.000678. The number of likely N-dealkylation sites (tertiary alicyclic amines) is 1. The number of anilines is 1. The quantitative estimate of drug-likeness (QED) is 0.648. The highest BCUT2D eigenvalue weighted by atomic mass is 79.9. The van der Waals surface area contributed by atoms with Crippen molar-refractivity contribution in [2.24, 2.45) is 5.92 Å². The summed E-state index contributed by atoms with van der Waals surface area (Å²) < 4.78 is 6.80. The highest BCUT2D eigenvalue weighted by Crippen LogP contribution is 2.23. The molecular weight excluding hydrogens is 422 g/mol. The van der Waals surface area contributed by atoms with Gasteiger partial charge in [-0.05, 0) is 62.3 Å². The first kappa shape index (κ1) is 18.8. The average molecular weight is 442 g/mol. The van der Waals surface area contributed by atoms with E-state index in [1.165, 1.54) is 0 Å². The second kappa shape index (κ2) is 8.62. The normalized spacial score (nSPS) is 15.5. The van der Waals surface area contributed by atoms with Gasteiger partial charge in [0, 0.05) is 22.2 Å². The predicted molar refractivity (Wildman–Crippen MR) is 108 cm³/mol. The molecule has 7 nitrogen and oxygen atoms in total. The number of hydrogen-bond acceptors (Lipinski definition) is 6. The molecule has 1 aromatic carbocycles. The van der Waals surface area contributed by atoms with Gasteiger partial charge in [0.25, 0.3) is 0 Å². The molecule has 0 bridgehead atoms. The van der Waals surface area contributed by atoms with E-state index < -0.39 is 0 Å². The maximum atomic E-state index is 12.4. The van der Waals surface area contributed by atoms with Crippen LogP contribution < -0.4 is 5.32 Å². The van der Waals surface area contributed by atoms with E-state index in [0.717, 1.165) is 36.0 Å². The molecule has 4 rings (SSSR count). The number of rotatable bonds is 5. The zero-order chi connectivity index (χ0) is 19.3. The van der Waals surface area contributed by atoms with Crippen LogP contribution in [0.5, 0.6) is 0 Å². The molecule has 1 amide bonds. The lowest BCUT2D eigenvalue weighted by molar-refractivity contribution is -0.121. The number of aromatic nitrogens is 3. The van der Waals surface area contributed by atoms with Crippen molar-refractivity contribution < 1.29 is 9.21 Å². The smallest absolute Gasteiger partial charge is 0.247 e. The lowest BCUT2D eigenvalue weighted by atomic mass is 9.96. The van der Waals surface area contributed by atoms with Crippen LogP contribution in [-0.2, 0) is 11.3 Å². The van der Waals surface area contributed by atoms with Crippen molar-refractivity contribution in [3.8, 4) is 11.5 Å². The van der Waals surface area contributed by atoms with Gasteiger partial charge in [-0.15, -0.1) is 10.2 Å². The lowest BCUT2D eigenvalue weighted by Gasteiger charge is -2.30. The molecule has 0 radical (unpaired) electrons. The van der Waals surface area contributed by atoms with Gasteiger partial charge in [-0.25, -0.2) is 4.98 Å². The third-order valence-electron chi connectivity index (χ3n) is 4.79. The van der Waals surface area contributed by atoms with Crippen molar-refractivity contribution >= 4 is 27.7 Å². The fourth-order valence-corrected chi connectivity index (χ4v) is 3.50. The SMILES string of the molecule is O=C(Nc1ccccn1)C1CCN(Cc2nnc(-c3ccc(Br)cc3)o2)CC1. The van der Waals surface area contributed by atoms with E-state index in [9.17, 15) is 4.79 Å². The second-order valence-corrected chi connectivity index (χ2v) is 7.68. The van der Waals surface area contributed by atoms with Gasteiger partial charge in [0.05, 0.1) is 6.54 Å². The molecule has 1 aliphatic rings. The molecular formula is C20H20BrN5O2. The first-order valence-electron chi connectivity index (χ1n) is 9.20. The summed E-state index contributed by atoms with van der Waals surface area (Å²) in [5.74, 6) is 1.75. The number of nitrogens with zero attached hydrogens (tertiary/aromatic N) is 4. The summed E-state index contributed by atoms with van der Waals surface area (Å²) in [4.78, 5) is 18.8. The first-order chi connectivity index (χ1) is 13.7. The van der Waals surface area contributed by atoms with Gasteiger partial charge < -0.3 is 9.73 Å². The minimum Gasteiger partial charge on any atom is -0.419 e. The van der Waals surface area contributed by atoms with E-state index in [-0.39, 0.29) is 11.8 Å². The number of hydrogen-bond donors (Lipinski definition) is 1. The standard InChI is InChI=1S/C20H20BrN5O2/c21-16-6-4-15(5-7-16)20-25-24-18(28-20)13-26-11-8-14(9-12-26)19(27)23-17-3-1-2-10-22-17/h1-7,10,14H,8-9,11-13H2,(H,22,23,27). The highest BCUT2D eigenvalue weighted by molar-refractivity contribution is 9.10. The summed E-state index contributed by atoms with van der Waals surface area (Å²) in [6, 6.07) is 13.2. The van der Waals surface area contributed by atoms with E-state index in [1.54, 1.807) is 12.3 Å². The fourth-order valence-electron chi connectivity index (χ4n) is 3.24. The number of nitrogens with one attached hydrogen (secondary N) is 1. The van der Waals surface area contributed by atoms with Gasteiger partial charge >= 0.3 is 0 Å². The van der Waals surface area contributed by atoms with E-state index in [0.29, 0.717) is 24.1 Å². The van der Waals surface area contributed by atoms with Crippen LogP contribution in [0.3, 0.4) is 0 Å². The van der Waals surface area contributed by atoms with Gasteiger partial charge in [0.1, 0.15) is 5.82 Å². The maximum Gasteiger partial charge on any atom is 0.247 e. The Labute approximate surface area is 171 Å². The Morgan fingerprint density at radius 2 is 1.93 bits per heavy atom. The van der Waals surface area contributed by atoms with Crippen LogP contribution in [0.25, 0.3) is 11.5 Å². The molecule has 1 N–H and O–H groups in total. The molecule has 0 aliphatic carbocycles. The highest BCUT2D eigenvalue weighted by Gasteiger charge is 2.26. The van der Waals surface area contributed by atoms with Gasteiger partial charge in [0.15, 0.2) is 0 Å². The zero-order valence-electron chi connectivity index (χ0n) is 15.2. The van der Waals surface area contributed by atoms with Crippen molar-refractivity contribution in [3.05, 3.63) is 59.0 Å². The Morgan fingerprint density at radius 3 is 2.64 bits per heavy atom. The molecule has 1 aliphatic heterocycles. The van der Waals surface area contributed by atoms with Crippen LogP contribution in [-0.4, -0.2) is 39.1 Å². The molecule has 2 aromatic heterocycles. The third-order valence-corrected chi connectivity index (χ3v) is 5.32. The summed E-state index contributed by atoms with van der Waals surface area (Å²) in [5, 5.41) is 11.2. The van der Waals surface area contributed by atoms with Crippen molar-refractivity contribution in [1.29, 1.82) is 0 Å². The summed E-state index contributed by atoms with van der Waals surface area (Å²) in [6.45, 7) is 2.23. The molecule has 8 heteroatoms. The van der Waals surface area contributed by atoms with E-state index in [1.807, 2.05) is 36.4 Å². The number of carbonyl (C=O) groups excluding carboxylic acids is 1. The minimum absolute atomic E-state index is 0.000678. The Balaban J connectivity index is 1.29. The number of amides is 1. The van der Waals surface area contributed by atoms with E-state index >= 15 is 0 Å². The van der Waals surface area contributed by atoms with Gasteiger partial charge in [-0.3, -0.25) is 9.69 Å². The maximum absolute atomic E-state index is 12.4. The van der Waals surface area contributed by atoms with Crippen LogP contribution in [0.2, 0.25) is 0 Å². The molecule has 3 heterocycles. The number of halogens is 1. The van der Waals surface area contributed by atoms with Crippen molar-refractivity contribution in [3.63, 3.8) is 0 Å². The molecule has 28 heavy (non-hydrogen) atoms. The molecule has 144 valence electrons. The Hall–Kier alpha value is -2.58. The van der Waals surface area contributed by atoms with Crippen molar-refractivity contribution in [2.45, 2.75) is 19.4 Å². The molecule has 1 saturated heterocycles. The van der Waals surface area contributed by atoms with Crippen LogP contribution in [0, 0.1) is 5.92 Å². The largest absolute Gasteiger partial charge is 0.419 e. The number of carbonyl (C=O) groups is 1. The monoisotopic (exact) mass is 441 g/mol. The van der Waals surface area contributed by atoms with Gasteiger partial charge in [0.2, 0.25) is 17.7 Å². The molecule has 0 unspecified atom stereocenters. The molecule has 1 fully saturated rings. The van der Waals surface area contributed by atoms with Crippen molar-refractivity contribution in [1.82, 2.24) is 20.1 Å². The van der Waals surface area contributed by atoms with Crippen LogP contribution >= 0.6 is 15.9 Å². The molecule has 0 spiro atoms. The summed E-state index contributed by atoms with van der Waals surface area (Å²) in [7, 11) is 0. The first-order valence-corrected chi connectivity index (χ1v) is 9.99. The number of pyridine rings is 1. The van der Waals surface area contributed by atoms with Gasteiger partial charge in [-0.2, -0.15) is 0 Å². The Morgan fingerprint density at radius 1 is 1.14 bits per heavy atom. The predicted octanol–water partition coefficient (Wildman–Crippen LogP) is 3.74. The number of piperidine rings is 1. The number of benzene rings is 1. The molecule has 0 atom stereocenters. The van der Waals surface area contributed by atoms with E-state index in [4.69, 9.17) is 4.42 Å². The lowest BCUT2D eigenvalue weighted by Crippen LogP contribution is -2.37. The van der Waals surface area contributed by atoms with Gasteiger partial charge in [-0.1, -0.05) is 22.0 Å².